The number of aromatic nitrogens is 2. The number of esters is 1. The van der Waals surface area contributed by atoms with Crippen molar-refractivity contribution in [2.24, 2.45) is 0 Å². The molecule has 0 unspecified atom stereocenters. The van der Waals surface area contributed by atoms with Crippen LogP contribution in [-0.2, 0) is 11.3 Å². The second kappa shape index (κ2) is 5.52. The number of aryl methyl sites for hydroxylation is 1. The minimum Gasteiger partial charge on any atom is -0.462 e. The molecule has 8 heteroatoms. The third kappa shape index (κ3) is 4.37. The van der Waals surface area contributed by atoms with E-state index in [-0.39, 0.29) is 23.3 Å². The second-order valence-electron chi connectivity index (χ2n) is 3.18. The van der Waals surface area contributed by atoms with Gasteiger partial charge in [0.15, 0.2) is 0 Å². The van der Waals surface area contributed by atoms with E-state index in [2.05, 4.69) is 21.0 Å². The SMILES string of the molecule is CCOC(=O)c1cn(CCC(F)(F)F)nc1Br. The Kier molecular flexibility index (Phi) is 4.55. The van der Waals surface area contributed by atoms with Crippen LogP contribution in [-0.4, -0.2) is 28.5 Å². The molecule has 0 bridgehead atoms. The maximum atomic E-state index is 12.0. The molecule has 0 aliphatic heterocycles. The Morgan fingerprint density at radius 3 is 2.76 bits per heavy atom. The smallest absolute Gasteiger partial charge is 0.390 e. The van der Waals surface area contributed by atoms with Crippen LogP contribution in [0.5, 0.6) is 0 Å². The van der Waals surface area contributed by atoms with Crippen LogP contribution in [0.3, 0.4) is 0 Å². The summed E-state index contributed by atoms with van der Waals surface area (Å²) in [5.74, 6) is -0.613. The summed E-state index contributed by atoms with van der Waals surface area (Å²) >= 11 is 2.99. The van der Waals surface area contributed by atoms with Crippen molar-refractivity contribution < 1.29 is 22.7 Å². The molecule has 0 atom stereocenters. The van der Waals surface area contributed by atoms with Crippen molar-refractivity contribution in [3.63, 3.8) is 0 Å². The summed E-state index contributed by atoms with van der Waals surface area (Å²) in [5, 5.41) is 3.75. The van der Waals surface area contributed by atoms with Gasteiger partial charge in [-0.15, -0.1) is 0 Å². The van der Waals surface area contributed by atoms with Crippen LogP contribution in [0.2, 0.25) is 0 Å². The predicted molar refractivity (Wildman–Crippen MR) is 56.6 cm³/mol. The zero-order valence-corrected chi connectivity index (χ0v) is 10.5. The first kappa shape index (κ1) is 14.0. The molecule has 0 saturated carbocycles. The van der Waals surface area contributed by atoms with Gasteiger partial charge in [0.25, 0.3) is 0 Å². The summed E-state index contributed by atoms with van der Waals surface area (Å²) in [6.07, 6.45) is -4.01. The fourth-order valence-electron chi connectivity index (χ4n) is 1.10. The molecular formula is C9H10BrF3N2O2. The molecule has 0 aliphatic carbocycles. The fourth-order valence-corrected chi connectivity index (χ4v) is 1.57. The second-order valence-corrected chi connectivity index (χ2v) is 3.93. The third-order valence-electron chi connectivity index (χ3n) is 1.84. The minimum atomic E-state index is -4.25. The van der Waals surface area contributed by atoms with Gasteiger partial charge < -0.3 is 4.74 Å². The number of rotatable bonds is 4. The molecule has 0 aromatic carbocycles. The highest BCUT2D eigenvalue weighted by atomic mass is 79.9. The Hall–Kier alpha value is -1.05. The van der Waals surface area contributed by atoms with Gasteiger partial charge in [-0.3, -0.25) is 4.68 Å². The zero-order valence-electron chi connectivity index (χ0n) is 8.92. The van der Waals surface area contributed by atoms with Gasteiger partial charge in [0.2, 0.25) is 0 Å². The first-order valence-electron chi connectivity index (χ1n) is 4.80. The maximum Gasteiger partial charge on any atom is 0.390 e. The zero-order chi connectivity index (χ0) is 13.1. The molecule has 0 radical (unpaired) electrons. The number of carbonyl (C=O) groups is 1. The lowest BCUT2D eigenvalue weighted by molar-refractivity contribution is -0.137. The van der Waals surface area contributed by atoms with Gasteiger partial charge in [0.05, 0.1) is 13.0 Å². The Morgan fingerprint density at radius 1 is 1.59 bits per heavy atom. The van der Waals surface area contributed by atoms with Crippen molar-refractivity contribution in [3.8, 4) is 0 Å². The maximum absolute atomic E-state index is 12.0. The molecule has 1 rings (SSSR count). The molecular weight excluding hydrogens is 305 g/mol. The predicted octanol–water partition coefficient (Wildman–Crippen LogP) is 2.77. The lowest BCUT2D eigenvalue weighted by atomic mass is 10.3. The number of halogens is 4. The number of ether oxygens (including phenoxy) is 1. The van der Waals surface area contributed by atoms with Gasteiger partial charge >= 0.3 is 12.1 Å². The molecule has 0 spiro atoms. The van der Waals surface area contributed by atoms with E-state index < -0.39 is 18.6 Å². The molecule has 1 heterocycles. The van der Waals surface area contributed by atoms with Crippen LogP contribution >= 0.6 is 15.9 Å². The van der Waals surface area contributed by atoms with Crippen LogP contribution in [0.4, 0.5) is 13.2 Å². The molecule has 4 nitrogen and oxygen atoms in total. The number of carbonyl (C=O) groups excluding carboxylic acids is 1. The summed E-state index contributed by atoms with van der Waals surface area (Å²) in [7, 11) is 0. The molecule has 17 heavy (non-hydrogen) atoms. The van der Waals surface area contributed by atoms with Crippen LogP contribution in [0.15, 0.2) is 10.8 Å². The van der Waals surface area contributed by atoms with Crippen LogP contribution in [0, 0.1) is 0 Å². The molecule has 0 saturated heterocycles. The molecule has 1 aromatic rings. The standard InChI is InChI=1S/C9H10BrF3N2O2/c1-2-17-8(16)6-5-15(14-7(6)10)4-3-9(11,12)13/h5H,2-4H2,1H3. The number of nitrogens with zero attached hydrogens (tertiary/aromatic N) is 2. The lowest BCUT2D eigenvalue weighted by Gasteiger charge is -2.05. The monoisotopic (exact) mass is 314 g/mol. The van der Waals surface area contributed by atoms with E-state index in [4.69, 9.17) is 4.74 Å². The highest BCUT2D eigenvalue weighted by Crippen LogP contribution is 2.21. The highest BCUT2D eigenvalue weighted by molar-refractivity contribution is 9.10. The molecule has 0 amide bonds. The van der Waals surface area contributed by atoms with E-state index >= 15 is 0 Å². The molecule has 0 fully saturated rings. The Labute approximate surface area is 104 Å². The van der Waals surface area contributed by atoms with Crippen molar-refractivity contribution >= 4 is 21.9 Å². The normalized spacial score (nSPS) is 11.6. The van der Waals surface area contributed by atoms with Crippen molar-refractivity contribution in [1.82, 2.24) is 9.78 Å². The van der Waals surface area contributed by atoms with E-state index in [9.17, 15) is 18.0 Å². The van der Waals surface area contributed by atoms with Gasteiger partial charge in [-0.05, 0) is 22.9 Å². The summed E-state index contributed by atoms with van der Waals surface area (Å²) < 4.78 is 41.9. The quantitative estimate of drug-likeness (QED) is 0.803. The van der Waals surface area contributed by atoms with Gasteiger partial charge in [0.1, 0.15) is 10.2 Å². The fraction of sp³-hybridized carbons (Fsp3) is 0.556. The van der Waals surface area contributed by atoms with Gasteiger partial charge in [0, 0.05) is 12.7 Å². The van der Waals surface area contributed by atoms with Crippen molar-refractivity contribution in [2.75, 3.05) is 6.61 Å². The first-order chi connectivity index (χ1) is 7.83. The Bertz CT molecular complexity index is 403. The van der Waals surface area contributed by atoms with Crippen LogP contribution in [0.1, 0.15) is 23.7 Å². The van der Waals surface area contributed by atoms with Crippen molar-refractivity contribution in [1.29, 1.82) is 0 Å². The van der Waals surface area contributed by atoms with Crippen molar-refractivity contribution in [3.05, 3.63) is 16.4 Å². The summed E-state index contributed by atoms with van der Waals surface area (Å²) in [6.45, 7) is 1.50. The average molecular weight is 315 g/mol. The van der Waals surface area contributed by atoms with E-state index in [0.717, 1.165) is 4.68 Å². The molecule has 0 aliphatic rings. The van der Waals surface area contributed by atoms with Crippen LogP contribution < -0.4 is 0 Å². The highest BCUT2D eigenvalue weighted by Gasteiger charge is 2.27. The van der Waals surface area contributed by atoms with Crippen molar-refractivity contribution in [2.45, 2.75) is 26.1 Å². The van der Waals surface area contributed by atoms with Gasteiger partial charge in [-0.2, -0.15) is 18.3 Å². The van der Waals surface area contributed by atoms with E-state index in [1.165, 1.54) is 6.20 Å². The van der Waals surface area contributed by atoms with Crippen LogP contribution in [0.25, 0.3) is 0 Å². The van der Waals surface area contributed by atoms with E-state index in [1.807, 2.05) is 0 Å². The van der Waals surface area contributed by atoms with E-state index in [1.54, 1.807) is 6.92 Å². The summed E-state index contributed by atoms with van der Waals surface area (Å²) in [4.78, 5) is 11.4. The topological polar surface area (TPSA) is 44.1 Å². The largest absolute Gasteiger partial charge is 0.462 e. The number of hydrogen-bond donors (Lipinski definition) is 0. The number of alkyl halides is 3. The van der Waals surface area contributed by atoms with E-state index in [0.29, 0.717) is 0 Å². The third-order valence-corrected chi connectivity index (χ3v) is 2.42. The minimum absolute atomic E-state index is 0.119. The first-order valence-corrected chi connectivity index (χ1v) is 5.59. The Morgan fingerprint density at radius 2 is 2.24 bits per heavy atom. The average Bonchev–Trinajstić information content (AvgIpc) is 2.56. The number of hydrogen-bond acceptors (Lipinski definition) is 3. The molecule has 96 valence electrons. The lowest BCUT2D eigenvalue weighted by Crippen LogP contribution is -2.12. The summed E-state index contributed by atoms with van der Waals surface area (Å²) in [5.41, 5.74) is 0.119. The molecule has 1 aromatic heterocycles. The molecule has 0 N–H and O–H groups in total. The van der Waals surface area contributed by atoms with Gasteiger partial charge in [-0.1, -0.05) is 0 Å². The Balaban J connectivity index is 2.71. The summed E-state index contributed by atoms with van der Waals surface area (Å²) in [6, 6.07) is 0. The van der Waals surface area contributed by atoms with Gasteiger partial charge in [-0.25, -0.2) is 4.79 Å².